The van der Waals surface area contributed by atoms with E-state index in [0.717, 1.165) is 19.5 Å². The maximum atomic E-state index is 11.6. The smallest absolute Gasteiger partial charge is 0.177 e. The normalized spacial score (nSPS) is 13.4. The molecule has 1 rings (SSSR count). The highest BCUT2D eigenvalue weighted by Crippen LogP contribution is 2.26. The van der Waals surface area contributed by atoms with Crippen LogP contribution in [0.15, 0.2) is 23.1 Å². The van der Waals surface area contributed by atoms with Crippen molar-refractivity contribution in [2.45, 2.75) is 31.2 Å². The number of nitrogens with zero attached hydrogens (tertiary/aromatic N) is 1. The van der Waals surface area contributed by atoms with Gasteiger partial charge in [0.2, 0.25) is 0 Å². The first-order valence-corrected chi connectivity index (χ1v) is 8.69. The fourth-order valence-electron chi connectivity index (χ4n) is 1.92. The fraction of sp³-hybridized carbons (Fsp3) is 0.571. The van der Waals surface area contributed by atoms with Crippen LogP contribution in [0.2, 0.25) is 0 Å². The Balaban J connectivity index is 2.71. The molecule has 0 amide bonds. The molecule has 0 aliphatic heterocycles. The van der Waals surface area contributed by atoms with Crippen LogP contribution in [0, 0.1) is 0 Å². The molecule has 0 aliphatic carbocycles. The van der Waals surface area contributed by atoms with Crippen molar-refractivity contribution < 1.29 is 8.42 Å². The number of hydrogen-bond acceptors (Lipinski definition) is 5. The number of nitrogens with one attached hydrogen (secondary N) is 1. The minimum atomic E-state index is -3.29. The van der Waals surface area contributed by atoms with Gasteiger partial charge in [-0.05, 0) is 32.5 Å². The zero-order valence-corrected chi connectivity index (χ0v) is 13.5. The molecule has 0 spiro atoms. The summed E-state index contributed by atoms with van der Waals surface area (Å²) < 4.78 is 23.2. The predicted molar refractivity (Wildman–Crippen MR) is 84.8 cm³/mol. The van der Waals surface area contributed by atoms with Crippen LogP contribution in [0.4, 0.5) is 11.4 Å². The van der Waals surface area contributed by atoms with Gasteiger partial charge < -0.3 is 16.0 Å². The second kappa shape index (κ2) is 6.95. The number of hydrogen-bond donors (Lipinski definition) is 2. The maximum Gasteiger partial charge on any atom is 0.177 e. The number of nitrogen functional groups attached to an aromatic ring is 1. The number of anilines is 2. The highest BCUT2D eigenvalue weighted by molar-refractivity contribution is 7.90. The van der Waals surface area contributed by atoms with Gasteiger partial charge in [-0.15, -0.1) is 0 Å². The molecule has 0 radical (unpaired) electrons. The third kappa shape index (κ3) is 4.38. The van der Waals surface area contributed by atoms with Crippen molar-refractivity contribution in [3.8, 4) is 0 Å². The molecule has 1 aromatic carbocycles. The highest BCUT2D eigenvalue weighted by atomic mass is 32.2. The standard InChI is InChI=1S/C14H25N3O2S/c1-5-11(2)17(3)10-9-16-12-7-6-8-13(14(12)15)20(4,18)19/h6-8,11,16H,5,9-10,15H2,1-4H3. The molecular formula is C14H25N3O2S. The van der Waals surface area contributed by atoms with E-state index in [1.165, 1.54) is 12.3 Å². The molecule has 1 aromatic rings. The van der Waals surface area contributed by atoms with Crippen molar-refractivity contribution in [2.75, 3.05) is 37.4 Å². The summed E-state index contributed by atoms with van der Waals surface area (Å²) >= 11 is 0. The summed E-state index contributed by atoms with van der Waals surface area (Å²) in [5, 5.41) is 3.20. The Hall–Kier alpha value is -1.27. The Kier molecular flexibility index (Phi) is 5.83. The lowest BCUT2D eigenvalue weighted by Crippen LogP contribution is -2.32. The van der Waals surface area contributed by atoms with Gasteiger partial charge in [-0.3, -0.25) is 0 Å². The van der Waals surface area contributed by atoms with E-state index in [1.807, 2.05) is 0 Å². The lowest BCUT2D eigenvalue weighted by atomic mass is 10.2. The molecule has 0 bridgehead atoms. The van der Waals surface area contributed by atoms with Crippen LogP contribution < -0.4 is 11.1 Å². The minimum Gasteiger partial charge on any atom is -0.396 e. The fourth-order valence-corrected chi connectivity index (χ4v) is 2.76. The molecule has 0 aliphatic rings. The quantitative estimate of drug-likeness (QED) is 0.751. The summed E-state index contributed by atoms with van der Waals surface area (Å²) in [4.78, 5) is 2.43. The van der Waals surface area contributed by atoms with Crippen molar-refractivity contribution in [1.82, 2.24) is 4.90 Å². The van der Waals surface area contributed by atoms with E-state index in [-0.39, 0.29) is 4.90 Å². The van der Waals surface area contributed by atoms with E-state index in [9.17, 15) is 8.42 Å². The van der Waals surface area contributed by atoms with Gasteiger partial charge >= 0.3 is 0 Å². The number of nitrogens with two attached hydrogens (primary N) is 1. The second-order valence-corrected chi connectivity index (χ2v) is 7.14. The van der Waals surface area contributed by atoms with Crippen LogP contribution >= 0.6 is 0 Å². The van der Waals surface area contributed by atoms with E-state index < -0.39 is 9.84 Å². The first kappa shape index (κ1) is 16.8. The Bertz CT molecular complexity index is 543. The first-order valence-electron chi connectivity index (χ1n) is 6.80. The van der Waals surface area contributed by atoms with E-state index in [4.69, 9.17) is 5.73 Å². The van der Waals surface area contributed by atoms with Crippen LogP contribution in [0.1, 0.15) is 20.3 Å². The van der Waals surface area contributed by atoms with Crippen LogP contribution in [0.3, 0.4) is 0 Å². The number of likely N-dealkylation sites (N-methyl/N-ethyl adjacent to an activating group) is 1. The SMILES string of the molecule is CCC(C)N(C)CCNc1cccc(S(C)(=O)=O)c1N. The average Bonchev–Trinajstić information content (AvgIpc) is 2.38. The molecular weight excluding hydrogens is 274 g/mol. The summed E-state index contributed by atoms with van der Waals surface area (Å²) in [6.07, 6.45) is 2.27. The van der Waals surface area contributed by atoms with Gasteiger partial charge in [-0.25, -0.2) is 8.42 Å². The van der Waals surface area contributed by atoms with Gasteiger partial charge in [0, 0.05) is 25.4 Å². The van der Waals surface area contributed by atoms with Crippen LogP contribution in [-0.2, 0) is 9.84 Å². The van der Waals surface area contributed by atoms with E-state index in [0.29, 0.717) is 17.4 Å². The molecule has 20 heavy (non-hydrogen) atoms. The second-order valence-electron chi connectivity index (χ2n) is 5.15. The average molecular weight is 299 g/mol. The Morgan fingerprint density at radius 3 is 2.60 bits per heavy atom. The van der Waals surface area contributed by atoms with Crippen LogP contribution in [-0.4, -0.2) is 45.8 Å². The molecule has 0 saturated carbocycles. The first-order chi connectivity index (χ1) is 9.27. The number of para-hydroxylation sites is 1. The third-order valence-corrected chi connectivity index (χ3v) is 4.74. The van der Waals surface area contributed by atoms with Crippen molar-refractivity contribution in [3.63, 3.8) is 0 Å². The molecule has 6 heteroatoms. The van der Waals surface area contributed by atoms with Gasteiger partial charge in [0.1, 0.15) is 0 Å². The molecule has 0 aromatic heterocycles. The number of sulfone groups is 1. The van der Waals surface area contributed by atoms with Crippen molar-refractivity contribution in [1.29, 1.82) is 0 Å². The van der Waals surface area contributed by atoms with Gasteiger partial charge in [0.05, 0.1) is 16.3 Å². The monoisotopic (exact) mass is 299 g/mol. The minimum absolute atomic E-state index is 0.179. The molecule has 114 valence electrons. The molecule has 5 nitrogen and oxygen atoms in total. The molecule has 1 unspecified atom stereocenters. The van der Waals surface area contributed by atoms with Crippen LogP contribution in [0.5, 0.6) is 0 Å². The van der Waals surface area contributed by atoms with E-state index in [2.05, 4.69) is 31.1 Å². The highest BCUT2D eigenvalue weighted by Gasteiger charge is 2.14. The van der Waals surface area contributed by atoms with Gasteiger partial charge in [0.15, 0.2) is 9.84 Å². The summed E-state index contributed by atoms with van der Waals surface area (Å²) in [6.45, 7) is 5.93. The largest absolute Gasteiger partial charge is 0.396 e. The number of benzene rings is 1. The summed E-state index contributed by atoms with van der Waals surface area (Å²) in [5.41, 5.74) is 6.88. The van der Waals surface area contributed by atoms with Gasteiger partial charge in [-0.2, -0.15) is 0 Å². The van der Waals surface area contributed by atoms with Gasteiger partial charge in [-0.1, -0.05) is 13.0 Å². The molecule has 0 heterocycles. The molecule has 0 fully saturated rings. The number of rotatable bonds is 7. The van der Waals surface area contributed by atoms with E-state index >= 15 is 0 Å². The van der Waals surface area contributed by atoms with Crippen molar-refractivity contribution >= 4 is 21.2 Å². The Labute approximate surface area is 122 Å². The zero-order valence-electron chi connectivity index (χ0n) is 12.7. The summed E-state index contributed by atoms with van der Waals surface area (Å²) in [5.74, 6) is 0. The van der Waals surface area contributed by atoms with E-state index in [1.54, 1.807) is 12.1 Å². The summed E-state index contributed by atoms with van der Waals surface area (Å²) in [6, 6.07) is 5.55. The molecule has 3 N–H and O–H groups in total. The zero-order chi connectivity index (χ0) is 15.3. The molecule has 1 atom stereocenters. The van der Waals surface area contributed by atoms with Crippen LogP contribution in [0.25, 0.3) is 0 Å². The Morgan fingerprint density at radius 2 is 2.05 bits per heavy atom. The molecule has 0 saturated heterocycles. The van der Waals surface area contributed by atoms with Crippen molar-refractivity contribution in [2.24, 2.45) is 0 Å². The summed E-state index contributed by atoms with van der Waals surface area (Å²) in [7, 11) is -1.21. The van der Waals surface area contributed by atoms with Crippen molar-refractivity contribution in [3.05, 3.63) is 18.2 Å². The van der Waals surface area contributed by atoms with Gasteiger partial charge in [0.25, 0.3) is 0 Å². The maximum absolute atomic E-state index is 11.6. The Morgan fingerprint density at radius 1 is 1.40 bits per heavy atom. The lowest BCUT2D eigenvalue weighted by molar-refractivity contribution is 0.261. The predicted octanol–water partition coefficient (Wildman–Crippen LogP) is 1.81. The topological polar surface area (TPSA) is 75.4 Å². The third-order valence-electron chi connectivity index (χ3n) is 3.59. The lowest BCUT2D eigenvalue weighted by Gasteiger charge is -2.24.